The summed E-state index contributed by atoms with van der Waals surface area (Å²) in [5.41, 5.74) is 1.19. The van der Waals surface area contributed by atoms with Gasteiger partial charge in [-0.25, -0.2) is 0 Å². The van der Waals surface area contributed by atoms with E-state index < -0.39 is 0 Å². The SMILES string of the molecule is Cc1ccc(OCC(Cl)CO)cc1. The van der Waals surface area contributed by atoms with E-state index in [-0.39, 0.29) is 12.0 Å². The lowest BCUT2D eigenvalue weighted by molar-refractivity contribution is 0.238. The third kappa shape index (κ3) is 3.66. The van der Waals surface area contributed by atoms with Gasteiger partial charge in [0, 0.05) is 0 Å². The van der Waals surface area contributed by atoms with E-state index in [0.717, 1.165) is 5.75 Å². The van der Waals surface area contributed by atoms with Crippen molar-refractivity contribution >= 4 is 11.6 Å². The normalized spacial score (nSPS) is 12.5. The predicted molar refractivity (Wildman–Crippen MR) is 53.4 cm³/mol. The minimum absolute atomic E-state index is 0.0621. The summed E-state index contributed by atoms with van der Waals surface area (Å²) >= 11 is 5.67. The molecule has 0 saturated heterocycles. The zero-order chi connectivity index (χ0) is 9.68. The molecule has 0 amide bonds. The highest BCUT2D eigenvalue weighted by Gasteiger charge is 2.02. The smallest absolute Gasteiger partial charge is 0.119 e. The number of hydrogen-bond donors (Lipinski definition) is 1. The maximum Gasteiger partial charge on any atom is 0.119 e. The Balaban J connectivity index is 2.41. The summed E-state index contributed by atoms with van der Waals surface area (Å²) < 4.78 is 5.32. The number of aryl methyl sites for hydroxylation is 1. The molecule has 0 bridgehead atoms. The zero-order valence-electron chi connectivity index (χ0n) is 7.53. The Bertz CT molecular complexity index is 246. The predicted octanol–water partition coefficient (Wildman–Crippen LogP) is 1.97. The zero-order valence-corrected chi connectivity index (χ0v) is 8.29. The van der Waals surface area contributed by atoms with Crippen LogP contribution in [0.15, 0.2) is 24.3 Å². The van der Waals surface area contributed by atoms with E-state index in [2.05, 4.69) is 0 Å². The van der Waals surface area contributed by atoms with Crippen LogP contribution in [0, 0.1) is 6.92 Å². The molecule has 1 rings (SSSR count). The van der Waals surface area contributed by atoms with Gasteiger partial charge in [0.25, 0.3) is 0 Å². The van der Waals surface area contributed by atoms with E-state index in [4.69, 9.17) is 21.4 Å². The summed E-state index contributed by atoms with van der Waals surface area (Å²) in [6.45, 7) is 2.29. The van der Waals surface area contributed by atoms with Crippen LogP contribution in [0.1, 0.15) is 5.56 Å². The van der Waals surface area contributed by atoms with Gasteiger partial charge in [-0.3, -0.25) is 0 Å². The molecule has 72 valence electrons. The van der Waals surface area contributed by atoms with Crippen molar-refractivity contribution in [2.75, 3.05) is 13.2 Å². The van der Waals surface area contributed by atoms with Gasteiger partial charge in [-0.2, -0.15) is 0 Å². The van der Waals surface area contributed by atoms with Crippen molar-refractivity contribution in [3.8, 4) is 5.75 Å². The van der Waals surface area contributed by atoms with Crippen molar-refractivity contribution in [3.63, 3.8) is 0 Å². The minimum atomic E-state index is -0.332. The highest BCUT2D eigenvalue weighted by molar-refractivity contribution is 6.20. The van der Waals surface area contributed by atoms with Crippen molar-refractivity contribution in [3.05, 3.63) is 29.8 Å². The number of aliphatic hydroxyl groups excluding tert-OH is 1. The summed E-state index contributed by atoms with van der Waals surface area (Å²) in [5.74, 6) is 0.782. The molecule has 13 heavy (non-hydrogen) atoms. The molecule has 0 radical (unpaired) electrons. The second-order valence-corrected chi connectivity index (χ2v) is 3.52. The van der Waals surface area contributed by atoms with Gasteiger partial charge in [0.2, 0.25) is 0 Å². The molecule has 1 N–H and O–H groups in total. The second-order valence-electron chi connectivity index (χ2n) is 2.90. The molecule has 0 spiro atoms. The molecule has 0 saturated carbocycles. The molecule has 0 aliphatic carbocycles. The second kappa shape index (κ2) is 5.10. The fraction of sp³-hybridized carbons (Fsp3) is 0.400. The summed E-state index contributed by atoms with van der Waals surface area (Å²) in [6.07, 6.45) is 0. The molecular weight excluding hydrogens is 188 g/mol. The summed E-state index contributed by atoms with van der Waals surface area (Å²) in [4.78, 5) is 0. The van der Waals surface area contributed by atoms with Gasteiger partial charge in [0.05, 0.1) is 12.0 Å². The number of alkyl halides is 1. The maximum absolute atomic E-state index is 8.64. The summed E-state index contributed by atoms with van der Waals surface area (Å²) in [6, 6.07) is 7.71. The molecule has 1 atom stereocenters. The van der Waals surface area contributed by atoms with E-state index >= 15 is 0 Å². The lowest BCUT2D eigenvalue weighted by Crippen LogP contribution is -2.15. The average Bonchev–Trinajstić information content (AvgIpc) is 2.16. The van der Waals surface area contributed by atoms with Crippen molar-refractivity contribution in [1.29, 1.82) is 0 Å². The van der Waals surface area contributed by atoms with Crippen LogP contribution in [0.5, 0.6) is 5.75 Å². The van der Waals surface area contributed by atoms with Gasteiger partial charge < -0.3 is 9.84 Å². The van der Waals surface area contributed by atoms with E-state index in [1.165, 1.54) is 5.56 Å². The minimum Gasteiger partial charge on any atom is -0.492 e. The molecule has 3 heteroatoms. The third-order valence-corrected chi connectivity index (χ3v) is 1.91. The molecule has 0 aromatic heterocycles. The number of aliphatic hydroxyl groups is 1. The van der Waals surface area contributed by atoms with Gasteiger partial charge in [-0.15, -0.1) is 11.6 Å². The molecule has 0 heterocycles. The van der Waals surface area contributed by atoms with E-state index in [1.807, 2.05) is 31.2 Å². The van der Waals surface area contributed by atoms with Crippen LogP contribution in [-0.2, 0) is 0 Å². The monoisotopic (exact) mass is 200 g/mol. The Morgan fingerprint density at radius 2 is 2.00 bits per heavy atom. The summed E-state index contributed by atoms with van der Waals surface area (Å²) in [5, 5.41) is 8.31. The van der Waals surface area contributed by atoms with Crippen LogP contribution < -0.4 is 4.74 Å². The third-order valence-electron chi connectivity index (χ3n) is 1.65. The van der Waals surface area contributed by atoms with Gasteiger partial charge in [-0.1, -0.05) is 17.7 Å². The summed E-state index contributed by atoms with van der Waals surface area (Å²) in [7, 11) is 0. The Labute approximate surface area is 83.1 Å². The largest absolute Gasteiger partial charge is 0.492 e. The molecule has 1 aromatic rings. The first-order chi connectivity index (χ1) is 6.22. The number of rotatable bonds is 4. The molecule has 1 aromatic carbocycles. The van der Waals surface area contributed by atoms with Crippen molar-refractivity contribution < 1.29 is 9.84 Å². The standard InChI is InChI=1S/C10H13ClO2/c1-8-2-4-10(5-3-8)13-7-9(11)6-12/h2-5,9,12H,6-7H2,1H3. The highest BCUT2D eigenvalue weighted by Crippen LogP contribution is 2.12. The molecule has 0 aliphatic heterocycles. The van der Waals surface area contributed by atoms with Crippen molar-refractivity contribution in [2.24, 2.45) is 0 Å². The molecule has 1 unspecified atom stereocenters. The lowest BCUT2D eigenvalue weighted by atomic mass is 10.2. The first-order valence-corrected chi connectivity index (χ1v) is 4.60. The van der Waals surface area contributed by atoms with Crippen molar-refractivity contribution in [2.45, 2.75) is 12.3 Å². The van der Waals surface area contributed by atoms with Gasteiger partial charge in [-0.05, 0) is 19.1 Å². The number of halogens is 1. The maximum atomic E-state index is 8.64. The topological polar surface area (TPSA) is 29.5 Å². The first kappa shape index (κ1) is 10.4. The molecular formula is C10H13ClO2. The first-order valence-electron chi connectivity index (χ1n) is 4.17. The van der Waals surface area contributed by atoms with Crippen LogP contribution in [0.3, 0.4) is 0 Å². The Morgan fingerprint density at radius 1 is 1.38 bits per heavy atom. The number of benzene rings is 1. The molecule has 0 aliphatic rings. The van der Waals surface area contributed by atoms with Gasteiger partial charge in [0.15, 0.2) is 0 Å². The quantitative estimate of drug-likeness (QED) is 0.754. The fourth-order valence-electron chi connectivity index (χ4n) is 0.874. The van der Waals surface area contributed by atoms with Gasteiger partial charge >= 0.3 is 0 Å². The lowest BCUT2D eigenvalue weighted by Gasteiger charge is -2.08. The van der Waals surface area contributed by atoms with Crippen LogP contribution in [-0.4, -0.2) is 23.7 Å². The van der Waals surface area contributed by atoms with E-state index in [0.29, 0.717) is 6.61 Å². The fourth-order valence-corrected chi connectivity index (χ4v) is 0.937. The van der Waals surface area contributed by atoms with E-state index in [1.54, 1.807) is 0 Å². The number of hydrogen-bond acceptors (Lipinski definition) is 2. The Kier molecular flexibility index (Phi) is 4.06. The average molecular weight is 201 g/mol. The van der Waals surface area contributed by atoms with Crippen LogP contribution in [0.2, 0.25) is 0 Å². The van der Waals surface area contributed by atoms with Gasteiger partial charge in [0.1, 0.15) is 12.4 Å². The Hall–Kier alpha value is -0.730. The van der Waals surface area contributed by atoms with Crippen LogP contribution in [0.25, 0.3) is 0 Å². The van der Waals surface area contributed by atoms with Crippen molar-refractivity contribution in [1.82, 2.24) is 0 Å². The highest BCUT2D eigenvalue weighted by atomic mass is 35.5. The van der Waals surface area contributed by atoms with Crippen LogP contribution >= 0.6 is 11.6 Å². The van der Waals surface area contributed by atoms with Crippen LogP contribution in [0.4, 0.5) is 0 Å². The Morgan fingerprint density at radius 3 is 2.54 bits per heavy atom. The molecule has 2 nitrogen and oxygen atoms in total. The molecule has 0 fully saturated rings. The number of ether oxygens (including phenoxy) is 1. The van der Waals surface area contributed by atoms with E-state index in [9.17, 15) is 0 Å².